The third-order valence-corrected chi connectivity index (χ3v) is 5.48. The fraction of sp³-hybridized carbons (Fsp3) is 0.524. The van der Waals surface area contributed by atoms with Crippen molar-refractivity contribution in [1.82, 2.24) is 20.4 Å². The number of nitrogens with zero attached hydrogens (tertiary/aromatic N) is 2. The van der Waals surface area contributed by atoms with Crippen LogP contribution in [-0.4, -0.2) is 35.9 Å². The lowest BCUT2D eigenvalue weighted by molar-refractivity contribution is -0.134. The van der Waals surface area contributed by atoms with E-state index in [9.17, 15) is 4.79 Å². The van der Waals surface area contributed by atoms with Gasteiger partial charge in [-0.15, -0.1) is 0 Å². The molecule has 1 aliphatic rings. The molecule has 6 nitrogen and oxygen atoms in total. The number of amides is 1. The van der Waals surface area contributed by atoms with E-state index in [0.29, 0.717) is 26.1 Å². The van der Waals surface area contributed by atoms with Crippen molar-refractivity contribution in [2.24, 2.45) is 5.41 Å². The van der Waals surface area contributed by atoms with Gasteiger partial charge < -0.3 is 15.4 Å². The van der Waals surface area contributed by atoms with Gasteiger partial charge in [-0.25, -0.2) is 0 Å². The summed E-state index contributed by atoms with van der Waals surface area (Å²) in [5.74, 6) is 0.927. The minimum atomic E-state index is -0.395. The number of ether oxygens (including phenoxy) is 1. The first-order chi connectivity index (χ1) is 13.0. The van der Waals surface area contributed by atoms with Crippen LogP contribution in [0.25, 0.3) is 0 Å². The Bertz CT molecular complexity index is 809. The Hall–Kier alpha value is -2.34. The lowest BCUT2D eigenvalue weighted by atomic mass is 9.75. The van der Waals surface area contributed by atoms with Gasteiger partial charge >= 0.3 is 0 Å². The fourth-order valence-electron chi connectivity index (χ4n) is 3.74. The van der Waals surface area contributed by atoms with Gasteiger partial charge in [0, 0.05) is 37.4 Å². The number of hydrogen-bond acceptors (Lipinski definition) is 4. The van der Waals surface area contributed by atoms with Gasteiger partial charge in [-0.05, 0) is 44.4 Å². The topological polar surface area (TPSA) is 68.2 Å². The molecule has 0 spiro atoms. The Morgan fingerprint density at radius 2 is 2.15 bits per heavy atom. The highest BCUT2D eigenvalue weighted by molar-refractivity contribution is 5.84. The van der Waals surface area contributed by atoms with Crippen LogP contribution in [0, 0.1) is 19.3 Å². The number of benzene rings is 1. The molecule has 1 aliphatic heterocycles. The highest BCUT2D eigenvalue weighted by Crippen LogP contribution is 2.29. The van der Waals surface area contributed by atoms with Crippen LogP contribution in [0.1, 0.15) is 35.9 Å². The standard InChI is InChI=1S/C21H30N4O2/c1-5-9-25-16(3)19(15(2)24-25)12-23-20(26)21(13-22-14-21)11-17-7-6-8-18(10-17)27-4/h6-8,10,22H,5,9,11-14H2,1-4H3,(H,23,26). The van der Waals surface area contributed by atoms with Gasteiger partial charge in [0.05, 0.1) is 18.2 Å². The molecule has 1 fully saturated rings. The van der Waals surface area contributed by atoms with E-state index >= 15 is 0 Å². The smallest absolute Gasteiger partial charge is 0.229 e. The second-order valence-electron chi connectivity index (χ2n) is 7.47. The molecule has 1 aromatic carbocycles. The molecule has 1 aromatic heterocycles. The normalized spacial score (nSPS) is 15.3. The van der Waals surface area contributed by atoms with Crippen molar-refractivity contribution in [2.75, 3.05) is 20.2 Å². The molecule has 2 N–H and O–H groups in total. The summed E-state index contributed by atoms with van der Waals surface area (Å²) < 4.78 is 7.35. The minimum Gasteiger partial charge on any atom is -0.497 e. The van der Waals surface area contributed by atoms with E-state index in [2.05, 4.69) is 35.6 Å². The molecule has 1 saturated heterocycles. The maximum absolute atomic E-state index is 13.0. The SMILES string of the molecule is CCCn1nc(C)c(CNC(=O)C2(Cc3cccc(OC)c3)CNC2)c1C. The molecule has 2 heterocycles. The van der Waals surface area contributed by atoms with Gasteiger partial charge in [-0.3, -0.25) is 9.48 Å². The van der Waals surface area contributed by atoms with Crippen LogP contribution in [0.15, 0.2) is 24.3 Å². The summed E-state index contributed by atoms with van der Waals surface area (Å²) in [5.41, 5.74) is 3.99. The molecule has 1 amide bonds. The molecular formula is C21H30N4O2. The van der Waals surface area contributed by atoms with E-state index in [1.807, 2.05) is 29.8 Å². The highest BCUT2D eigenvalue weighted by atomic mass is 16.5. The summed E-state index contributed by atoms with van der Waals surface area (Å²) in [6.07, 6.45) is 1.75. The van der Waals surface area contributed by atoms with Gasteiger partial charge in [0.2, 0.25) is 5.91 Å². The first-order valence-electron chi connectivity index (χ1n) is 9.64. The van der Waals surface area contributed by atoms with Gasteiger partial charge in [0.15, 0.2) is 0 Å². The number of methoxy groups -OCH3 is 1. The van der Waals surface area contributed by atoms with Gasteiger partial charge in [-0.1, -0.05) is 19.1 Å². The quantitative estimate of drug-likeness (QED) is 0.749. The molecule has 0 atom stereocenters. The van der Waals surface area contributed by atoms with Crippen LogP contribution in [-0.2, 0) is 24.3 Å². The van der Waals surface area contributed by atoms with Crippen LogP contribution >= 0.6 is 0 Å². The Labute approximate surface area is 161 Å². The lowest BCUT2D eigenvalue weighted by Gasteiger charge is -2.41. The summed E-state index contributed by atoms with van der Waals surface area (Å²) in [6.45, 7) is 9.06. The van der Waals surface area contributed by atoms with Gasteiger partial charge in [0.1, 0.15) is 5.75 Å². The molecule has 3 rings (SSSR count). The Balaban J connectivity index is 1.69. The second-order valence-corrected chi connectivity index (χ2v) is 7.47. The van der Waals surface area contributed by atoms with Crippen molar-refractivity contribution in [2.45, 2.75) is 46.7 Å². The van der Waals surface area contributed by atoms with Crippen LogP contribution in [0.4, 0.5) is 0 Å². The average molecular weight is 370 g/mol. The molecule has 6 heteroatoms. The van der Waals surface area contributed by atoms with Crippen molar-refractivity contribution in [3.8, 4) is 5.75 Å². The van der Waals surface area contributed by atoms with E-state index in [1.165, 1.54) is 0 Å². The Morgan fingerprint density at radius 3 is 2.78 bits per heavy atom. The average Bonchev–Trinajstić information content (AvgIpc) is 2.90. The van der Waals surface area contributed by atoms with Gasteiger partial charge in [0.25, 0.3) is 0 Å². The molecule has 0 bridgehead atoms. The first-order valence-corrected chi connectivity index (χ1v) is 9.64. The molecule has 0 saturated carbocycles. The van der Waals surface area contributed by atoms with Crippen LogP contribution in [0.3, 0.4) is 0 Å². The lowest BCUT2D eigenvalue weighted by Crippen LogP contribution is -2.62. The van der Waals surface area contributed by atoms with Crippen molar-refractivity contribution < 1.29 is 9.53 Å². The maximum atomic E-state index is 13.0. The number of rotatable bonds is 8. The monoisotopic (exact) mass is 370 g/mol. The number of aromatic nitrogens is 2. The fourth-order valence-corrected chi connectivity index (χ4v) is 3.74. The molecular weight excluding hydrogens is 340 g/mol. The largest absolute Gasteiger partial charge is 0.497 e. The maximum Gasteiger partial charge on any atom is 0.229 e. The number of carbonyl (C=O) groups excluding carboxylic acids is 1. The number of carbonyl (C=O) groups is 1. The zero-order chi connectivity index (χ0) is 19.4. The van der Waals surface area contributed by atoms with E-state index in [1.54, 1.807) is 7.11 Å². The van der Waals surface area contributed by atoms with Crippen molar-refractivity contribution in [3.05, 3.63) is 46.8 Å². The molecule has 0 radical (unpaired) electrons. The van der Waals surface area contributed by atoms with Crippen LogP contribution < -0.4 is 15.4 Å². The predicted octanol–water partition coefficient (Wildman–Crippen LogP) is 2.37. The van der Waals surface area contributed by atoms with E-state index < -0.39 is 5.41 Å². The Morgan fingerprint density at radius 1 is 1.37 bits per heavy atom. The summed E-state index contributed by atoms with van der Waals surface area (Å²) >= 11 is 0. The van der Waals surface area contributed by atoms with Crippen molar-refractivity contribution >= 4 is 5.91 Å². The third kappa shape index (κ3) is 4.00. The molecule has 2 aromatic rings. The van der Waals surface area contributed by atoms with E-state index in [0.717, 1.165) is 41.2 Å². The van der Waals surface area contributed by atoms with Crippen molar-refractivity contribution in [1.29, 1.82) is 0 Å². The molecule has 146 valence electrons. The van der Waals surface area contributed by atoms with E-state index in [4.69, 9.17) is 4.74 Å². The van der Waals surface area contributed by atoms with Crippen molar-refractivity contribution in [3.63, 3.8) is 0 Å². The molecule has 0 unspecified atom stereocenters. The van der Waals surface area contributed by atoms with Crippen LogP contribution in [0.5, 0.6) is 5.75 Å². The Kier molecular flexibility index (Phi) is 5.85. The minimum absolute atomic E-state index is 0.103. The van der Waals surface area contributed by atoms with Gasteiger partial charge in [-0.2, -0.15) is 5.10 Å². The summed E-state index contributed by atoms with van der Waals surface area (Å²) in [5, 5.41) is 11.0. The van der Waals surface area contributed by atoms with Crippen LogP contribution in [0.2, 0.25) is 0 Å². The molecule has 0 aliphatic carbocycles. The summed E-state index contributed by atoms with van der Waals surface area (Å²) in [7, 11) is 1.66. The second kappa shape index (κ2) is 8.13. The number of hydrogen-bond donors (Lipinski definition) is 2. The third-order valence-electron chi connectivity index (χ3n) is 5.48. The zero-order valence-electron chi connectivity index (χ0n) is 16.8. The summed E-state index contributed by atoms with van der Waals surface area (Å²) in [6, 6.07) is 7.96. The number of nitrogens with one attached hydrogen (secondary N) is 2. The van der Waals surface area contributed by atoms with E-state index in [-0.39, 0.29) is 5.91 Å². The highest BCUT2D eigenvalue weighted by Gasteiger charge is 2.44. The summed E-state index contributed by atoms with van der Waals surface area (Å²) in [4.78, 5) is 13.0. The zero-order valence-corrected chi connectivity index (χ0v) is 16.8. The first kappa shape index (κ1) is 19.4. The molecule has 27 heavy (non-hydrogen) atoms. The number of aryl methyl sites for hydroxylation is 2. The predicted molar refractivity (Wildman–Crippen MR) is 106 cm³/mol.